The summed E-state index contributed by atoms with van der Waals surface area (Å²) in [7, 11) is 1.43. The normalized spacial score (nSPS) is 10.1. The predicted molar refractivity (Wildman–Crippen MR) is 71.5 cm³/mol. The molecule has 110 valence electrons. The number of carboxylic acid groups (broad SMARTS) is 1. The highest BCUT2D eigenvalue weighted by Gasteiger charge is 2.12. The number of carboxylic acids is 1. The van der Waals surface area contributed by atoms with Gasteiger partial charge in [0.1, 0.15) is 18.6 Å². The molecule has 0 fully saturated rings. The first-order chi connectivity index (χ1) is 10.0. The Kier molecular flexibility index (Phi) is 4.13. The molecule has 1 amide bonds. The molecule has 0 aliphatic heterocycles. The lowest BCUT2D eigenvalue weighted by atomic mass is 10.2. The average Bonchev–Trinajstić information content (AvgIpc) is 2.93. The molecule has 0 unspecified atom stereocenters. The van der Waals surface area contributed by atoms with Crippen LogP contribution >= 0.6 is 0 Å². The van der Waals surface area contributed by atoms with Crippen LogP contribution in [0.1, 0.15) is 26.5 Å². The van der Waals surface area contributed by atoms with E-state index in [1.807, 2.05) is 0 Å². The molecular formula is C14H13NO6. The number of rotatable bonds is 6. The lowest BCUT2D eigenvalue weighted by molar-refractivity contribution is 0.0696. The van der Waals surface area contributed by atoms with Gasteiger partial charge in [0.15, 0.2) is 11.5 Å². The lowest BCUT2D eigenvalue weighted by Crippen LogP contribution is -2.11. The molecular weight excluding hydrogens is 278 g/mol. The van der Waals surface area contributed by atoms with E-state index in [4.69, 9.17) is 24.7 Å². The van der Waals surface area contributed by atoms with Crippen LogP contribution in [-0.4, -0.2) is 24.1 Å². The van der Waals surface area contributed by atoms with Crippen molar-refractivity contribution in [1.82, 2.24) is 0 Å². The lowest BCUT2D eigenvalue weighted by Gasteiger charge is -2.10. The number of ether oxygens (including phenoxy) is 2. The maximum atomic E-state index is 11.1. The van der Waals surface area contributed by atoms with E-state index in [0.29, 0.717) is 22.8 Å². The fourth-order valence-electron chi connectivity index (χ4n) is 1.66. The van der Waals surface area contributed by atoms with Crippen molar-refractivity contribution in [2.45, 2.75) is 6.61 Å². The Hall–Kier alpha value is -2.96. The Bertz CT molecular complexity index is 676. The van der Waals surface area contributed by atoms with Crippen LogP contribution < -0.4 is 15.2 Å². The van der Waals surface area contributed by atoms with Crippen molar-refractivity contribution in [2.24, 2.45) is 5.73 Å². The SMILES string of the molecule is COc1cc(C(N)=O)ccc1OCc1cc(C(=O)O)co1. The summed E-state index contributed by atoms with van der Waals surface area (Å²) in [6.07, 6.45) is 1.13. The van der Waals surface area contributed by atoms with Gasteiger partial charge >= 0.3 is 5.97 Å². The van der Waals surface area contributed by atoms with Crippen LogP contribution in [0.4, 0.5) is 0 Å². The van der Waals surface area contributed by atoms with E-state index < -0.39 is 11.9 Å². The fourth-order valence-corrected chi connectivity index (χ4v) is 1.66. The second-order valence-corrected chi connectivity index (χ2v) is 4.13. The molecule has 21 heavy (non-hydrogen) atoms. The average molecular weight is 291 g/mol. The zero-order chi connectivity index (χ0) is 15.4. The summed E-state index contributed by atoms with van der Waals surface area (Å²) in [5, 5.41) is 8.78. The number of methoxy groups -OCH3 is 1. The maximum Gasteiger partial charge on any atom is 0.338 e. The van der Waals surface area contributed by atoms with Crippen LogP contribution in [0.25, 0.3) is 0 Å². The van der Waals surface area contributed by atoms with Crippen molar-refractivity contribution in [2.75, 3.05) is 7.11 Å². The molecule has 3 N–H and O–H groups in total. The van der Waals surface area contributed by atoms with E-state index in [-0.39, 0.29) is 12.2 Å². The molecule has 7 nitrogen and oxygen atoms in total. The van der Waals surface area contributed by atoms with E-state index in [2.05, 4.69) is 0 Å². The van der Waals surface area contributed by atoms with Gasteiger partial charge < -0.3 is 24.7 Å². The Morgan fingerprint density at radius 3 is 2.57 bits per heavy atom. The van der Waals surface area contributed by atoms with Crippen molar-refractivity contribution in [3.05, 3.63) is 47.4 Å². The number of amides is 1. The first-order valence-corrected chi connectivity index (χ1v) is 5.92. The van der Waals surface area contributed by atoms with Gasteiger partial charge in [0, 0.05) is 5.56 Å². The minimum absolute atomic E-state index is 0.0273. The smallest absolute Gasteiger partial charge is 0.338 e. The van der Waals surface area contributed by atoms with Crippen molar-refractivity contribution in [1.29, 1.82) is 0 Å². The third-order valence-corrected chi connectivity index (χ3v) is 2.72. The summed E-state index contributed by atoms with van der Waals surface area (Å²) in [5.41, 5.74) is 5.52. The van der Waals surface area contributed by atoms with E-state index in [9.17, 15) is 9.59 Å². The van der Waals surface area contributed by atoms with Gasteiger partial charge in [0.2, 0.25) is 5.91 Å². The van der Waals surface area contributed by atoms with Crippen molar-refractivity contribution >= 4 is 11.9 Å². The Morgan fingerprint density at radius 1 is 1.24 bits per heavy atom. The topological polar surface area (TPSA) is 112 Å². The van der Waals surface area contributed by atoms with Gasteiger partial charge in [-0.15, -0.1) is 0 Å². The molecule has 0 aliphatic rings. The van der Waals surface area contributed by atoms with E-state index in [1.54, 1.807) is 6.07 Å². The minimum atomic E-state index is -1.08. The minimum Gasteiger partial charge on any atom is -0.493 e. The second kappa shape index (κ2) is 6.00. The Morgan fingerprint density at radius 2 is 2.00 bits per heavy atom. The summed E-state index contributed by atoms with van der Waals surface area (Å²) in [4.78, 5) is 21.8. The van der Waals surface area contributed by atoms with Gasteiger partial charge in [-0.05, 0) is 24.3 Å². The molecule has 0 saturated heterocycles. The second-order valence-electron chi connectivity index (χ2n) is 4.13. The van der Waals surface area contributed by atoms with Crippen molar-refractivity contribution < 1.29 is 28.6 Å². The van der Waals surface area contributed by atoms with Crippen LogP contribution in [0.5, 0.6) is 11.5 Å². The number of furan rings is 1. The van der Waals surface area contributed by atoms with Gasteiger partial charge in [-0.3, -0.25) is 4.79 Å². The fraction of sp³-hybridized carbons (Fsp3) is 0.143. The molecule has 0 bridgehead atoms. The van der Waals surface area contributed by atoms with Gasteiger partial charge in [-0.25, -0.2) is 4.79 Å². The zero-order valence-corrected chi connectivity index (χ0v) is 11.2. The summed E-state index contributed by atoms with van der Waals surface area (Å²) in [6, 6.07) is 5.88. The van der Waals surface area contributed by atoms with E-state index in [1.165, 1.54) is 25.3 Å². The van der Waals surface area contributed by atoms with Gasteiger partial charge in [0.05, 0.1) is 12.7 Å². The molecule has 0 radical (unpaired) electrons. The summed E-state index contributed by atoms with van der Waals surface area (Å²) >= 11 is 0. The summed E-state index contributed by atoms with van der Waals surface area (Å²) in [6.45, 7) is 0.0273. The summed E-state index contributed by atoms with van der Waals surface area (Å²) in [5.74, 6) is -0.564. The number of hydrogen-bond acceptors (Lipinski definition) is 5. The summed E-state index contributed by atoms with van der Waals surface area (Å²) < 4.78 is 15.7. The van der Waals surface area contributed by atoms with Crippen molar-refractivity contribution in [3.8, 4) is 11.5 Å². The number of aromatic carboxylic acids is 1. The van der Waals surface area contributed by atoms with Gasteiger partial charge in [0.25, 0.3) is 0 Å². The molecule has 1 aromatic heterocycles. The molecule has 2 aromatic rings. The first-order valence-electron chi connectivity index (χ1n) is 5.92. The number of benzene rings is 1. The molecule has 1 heterocycles. The molecule has 0 atom stereocenters. The van der Waals surface area contributed by atoms with Crippen LogP contribution in [0.15, 0.2) is 34.9 Å². The maximum absolute atomic E-state index is 11.1. The van der Waals surface area contributed by atoms with Crippen LogP contribution in [0.2, 0.25) is 0 Å². The van der Waals surface area contributed by atoms with Crippen LogP contribution in [0, 0.1) is 0 Å². The monoisotopic (exact) mass is 291 g/mol. The molecule has 2 rings (SSSR count). The Balaban J connectivity index is 2.11. The predicted octanol–water partition coefficient (Wildman–Crippen LogP) is 1.66. The number of nitrogens with two attached hydrogens (primary N) is 1. The third kappa shape index (κ3) is 3.33. The van der Waals surface area contributed by atoms with Crippen molar-refractivity contribution in [3.63, 3.8) is 0 Å². The quantitative estimate of drug-likeness (QED) is 0.837. The highest BCUT2D eigenvalue weighted by molar-refractivity contribution is 5.93. The largest absolute Gasteiger partial charge is 0.493 e. The molecule has 7 heteroatoms. The number of carbonyl (C=O) groups excluding carboxylic acids is 1. The Labute approximate surface area is 119 Å². The zero-order valence-electron chi connectivity index (χ0n) is 11.2. The highest BCUT2D eigenvalue weighted by atomic mass is 16.5. The van der Waals surface area contributed by atoms with Gasteiger partial charge in [-0.1, -0.05) is 0 Å². The third-order valence-electron chi connectivity index (χ3n) is 2.72. The molecule has 1 aromatic carbocycles. The number of carbonyl (C=O) groups is 2. The van der Waals surface area contributed by atoms with E-state index >= 15 is 0 Å². The van der Waals surface area contributed by atoms with E-state index in [0.717, 1.165) is 6.26 Å². The van der Waals surface area contributed by atoms with Crippen LogP contribution in [-0.2, 0) is 6.61 Å². The highest BCUT2D eigenvalue weighted by Crippen LogP contribution is 2.28. The van der Waals surface area contributed by atoms with Crippen LogP contribution in [0.3, 0.4) is 0 Å². The molecule has 0 aliphatic carbocycles. The standard InChI is InChI=1S/C14H13NO6/c1-19-12-5-8(13(15)16)2-3-11(12)21-7-10-4-9(6-20-10)14(17)18/h2-6H,7H2,1H3,(H2,15,16)(H,17,18). The number of hydrogen-bond donors (Lipinski definition) is 2. The molecule has 0 saturated carbocycles. The first kappa shape index (κ1) is 14.4. The van der Waals surface area contributed by atoms with Gasteiger partial charge in [-0.2, -0.15) is 0 Å². The molecule has 0 spiro atoms. The number of primary amides is 1.